The van der Waals surface area contributed by atoms with E-state index in [1.165, 1.54) is 50.3 Å². The molecule has 4 aliphatic rings. The van der Waals surface area contributed by atoms with Crippen molar-refractivity contribution in [2.24, 2.45) is 17.8 Å². The summed E-state index contributed by atoms with van der Waals surface area (Å²) in [4.78, 5) is 13.0. The van der Waals surface area contributed by atoms with Gasteiger partial charge in [-0.05, 0) is 89.2 Å². The third-order valence-electron chi connectivity index (χ3n) is 6.95. The van der Waals surface area contributed by atoms with Crippen molar-refractivity contribution in [1.82, 2.24) is 15.5 Å². The van der Waals surface area contributed by atoms with E-state index < -0.39 is 0 Å². The molecule has 29 heavy (non-hydrogen) atoms. The Kier molecular flexibility index (Phi) is 4.72. The van der Waals surface area contributed by atoms with E-state index in [1.54, 1.807) is 0 Å². The molecular weight excluding hydrogens is 382 g/mol. The van der Waals surface area contributed by atoms with Crippen molar-refractivity contribution in [1.29, 1.82) is 0 Å². The smallest absolute Gasteiger partial charge is 0.277 e. The number of aromatic nitrogens is 2. The number of thioether (sulfide) groups is 1. The minimum Gasteiger partial charge on any atom is -0.411 e. The van der Waals surface area contributed by atoms with Crippen LogP contribution in [0.2, 0.25) is 0 Å². The van der Waals surface area contributed by atoms with E-state index in [4.69, 9.17) is 4.42 Å². The number of aryl methyl sites for hydroxylation is 2. The van der Waals surface area contributed by atoms with E-state index in [9.17, 15) is 4.79 Å². The highest BCUT2D eigenvalue weighted by Gasteiger charge is 2.51. The molecule has 4 fully saturated rings. The van der Waals surface area contributed by atoms with Gasteiger partial charge in [-0.15, -0.1) is 10.2 Å². The monoisotopic (exact) mass is 411 g/mol. The second-order valence-electron chi connectivity index (χ2n) is 9.70. The van der Waals surface area contributed by atoms with E-state index >= 15 is 0 Å². The first-order valence-electron chi connectivity index (χ1n) is 10.8. The summed E-state index contributed by atoms with van der Waals surface area (Å²) >= 11 is 1.35. The number of carbonyl (C=O) groups is 1. The van der Waals surface area contributed by atoms with Crippen LogP contribution in [-0.4, -0.2) is 26.9 Å². The molecule has 154 valence electrons. The molecule has 2 aromatic rings. The van der Waals surface area contributed by atoms with Crippen LogP contribution in [0.4, 0.5) is 0 Å². The van der Waals surface area contributed by atoms with Crippen molar-refractivity contribution in [2.45, 2.75) is 75.3 Å². The van der Waals surface area contributed by atoms with Gasteiger partial charge in [0, 0.05) is 11.1 Å². The molecule has 6 rings (SSSR count). The minimum absolute atomic E-state index is 0.0414. The number of hydrogen-bond acceptors (Lipinski definition) is 5. The molecule has 0 saturated heterocycles. The van der Waals surface area contributed by atoms with Gasteiger partial charge in [-0.1, -0.05) is 29.0 Å². The maximum absolute atomic E-state index is 13.0. The van der Waals surface area contributed by atoms with Gasteiger partial charge < -0.3 is 9.73 Å². The molecule has 1 heterocycles. The van der Waals surface area contributed by atoms with Gasteiger partial charge in [-0.3, -0.25) is 4.79 Å². The molecule has 4 saturated carbocycles. The molecule has 0 unspecified atom stereocenters. The molecule has 1 aromatic heterocycles. The lowest BCUT2D eigenvalue weighted by Gasteiger charge is -2.57. The van der Waals surface area contributed by atoms with Gasteiger partial charge >= 0.3 is 0 Å². The number of amides is 1. The highest BCUT2D eigenvalue weighted by Crippen LogP contribution is 2.55. The molecule has 0 aliphatic heterocycles. The van der Waals surface area contributed by atoms with Gasteiger partial charge in [0.2, 0.25) is 11.8 Å². The van der Waals surface area contributed by atoms with Crippen molar-refractivity contribution in [2.75, 3.05) is 0 Å². The quantitative estimate of drug-likeness (QED) is 0.708. The molecule has 1 amide bonds. The Morgan fingerprint density at radius 1 is 1.07 bits per heavy atom. The van der Waals surface area contributed by atoms with Crippen LogP contribution < -0.4 is 5.32 Å². The lowest BCUT2D eigenvalue weighted by atomic mass is 9.53. The number of nitrogens with one attached hydrogen (secondary N) is 1. The van der Waals surface area contributed by atoms with Gasteiger partial charge in [0.15, 0.2) is 0 Å². The SMILES string of the molecule is Cc1cc(C)cc(-c2nnc(S[C@H](C)C(=O)NC34CC5CC(CC(C5)C3)C4)o2)c1. The molecule has 4 bridgehead atoms. The van der Waals surface area contributed by atoms with Gasteiger partial charge in [0.25, 0.3) is 5.22 Å². The summed E-state index contributed by atoms with van der Waals surface area (Å²) in [6, 6.07) is 6.20. The molecule has 0 spiro atoms. The second-order valence-corrected chi connectivity index (χ2v) is 11.0. The third-order valence-corrected chi connectivity index (χ3v) is 7.88. The van der Waals surface area contributed by atoms with Crippen LogP contribution in [0.3, 0.4) is 0 Å². The maximum atomic E-state index is 13.0. The first-order valence-corrected chi connectivity index (χ1v) is 11.7. The van der Waals surface area contributed by atoms with Crippen LogP contribution >= 0.6 is 11.8 Å². The zero-order valence-electron chi connectivity index (χ0n) is 17.4. The largest absolute Gasteiger partial charge is 0.411 e. The summed E-state index contributed by atoms with van der Waals surface area (Å²) in [6.07, 6.45) is 7.63. The predicted molar refractivity (Wildman–Crippen MR) is 114 cm³/mol. The number of rotatable bonds is 5. The lowest BCUT2D eigenvalue weighted by molar-refractivity contribution is -0.126. The summed E-state index contributed by atoms with van der Waals surface area (Å²) < 4.78 is 5.86. The van der Waals surface area contributed by atoms with Crippen molar-refractivity contribution in [3.63, 3.8) is 0 Å². The first kappa shape index (κ1) is 19.2. The van der Waals surface area contributed by atoms with Crippen LogP contribution in [0, 0.1) is 31.6 Å². The molecule has 5 nitrogen and oxygen atoms in total. The highest BCUT2D eigenvalue weighted by molar-refractivity contribution is 8.00. The Bertz CT molecular complexity index is 882. The predicted octanol–water partition coefficient (Wildman–Crippen LogP) is 4.92. The summed E-state index contributed by atoms with van der Waals surface area (Å²) in [5, 5.41) is 12.0. The molecule has 1 atom stereocenters. The van der Waals surface area contributed by atoms with E-state index in [-0.39, 0.29) is 16.7 Å². The Hall–Kier alpha value is -1.82. The van der Waals surface area contributed by atoms with Crippen LogP contribution in [-0.2, 0) is 4.79 Å². The molecule has 4 aliphatic carbocycles. The fraction of sp³-hybridized carbons (Fsp3) is 0.609. The zero-order chi connectivity index (χ0) is 20.2. The second kappa shape index (κ2) is 7.15. The number of hydrogen-bond donors (Lipinski definition) is 1. The highest BCUT2D eigenvalue weighted by atomic mass is 32.2. The van der Waals surface area contributed by atoms with Crippen LogP contribution in [0.25, 0.3) is 11.5 Å². The number of benzene rings is 1. The van der Waals surface area contributed by atoms with Crippen molar-refractivity contribution < 1.29 is 9.21 Å². The summed E-state index contributed by atoms with van der Waals surface area (Å²) in [6.45, 7) is 6.04. The fourth-order valence-corrected chi connectivity index (χ4v) is 6.99. The molecule has 1 N–H and O–H groups in total. The van der Waals surface area contributed by atoms with Crippen LogP contribution in [0.1, 0.15) is 56.6 Å². The first-order chi connectivity index (χ1) is 13.9. The summed E-state index contributed by atoms with van der Waals surface area (Å²) in [5.41, 5.74) is 3.29. The Morgan fingerprint density at radius 3 is 2.24 bits per heavy atom. The van der Waals surface area contributed by atoms with Crippen molar-refractivity contribution in [3.05, 3.63) is 29.3 Å². The Balaban J connectivity index is 1.24. The Morgan fingerprint density at radius 2 is 1.66 bits per heavy atom. The van der Waals surface area contributed by atoms with Gasteiger partial charge in [-0.2, -0.15) is 0 Å². The average molecular weight is 412 g/mol. The summed E-state index contributed by atoms with van der Waals surface area (Å²) in [7, 11) is 0. The lowest BCUT2D eigenvalue weighted by Crippen LogP contribution is -2.60. The van der Waals surface area contributed by atoms with Crippen LogP contribution in [0.15, 0.2) is 27.8 Å². The van der Waals surface area contributed by atoms with Gasteiger partial charge in [0.05, 0.1) is 5.25 Å². The van der Waals surface area contributed by atoms with Crippen molar-refractivity contribution in [3.8, 4) is 11.5 Å². The normalized spacial score (nSPS) is 31.1. The maximum Gasteiger partial charge on any atom is 0.277 e. The molecular formula is C23H29N3O2S. The van der Waals surface area contributed by atoms with E-state index in [0.29, 0.717) is 11.1 Å². The van der Waals surface area contributed by atoms with Gasteiger partial charge in [-0.25, -0.2) is 0 Å². The number of nitrogens with zero attached hydrogens (tertiary/aromatic N) is 2. The molecule has 0 radical (unpaired) electrons. The zero-order valence-corrected chi connectivity index (χ0v) is 18.2. The van der Waals surface area contributed by atoms with E-state index in [0.717, 1.165) is 34.4 Å². The van der Waals surface area contributed by atoms with Crippen molar-refractivity contribution >= 4 is 17.7 Å². The third kappa shape index (κ3) is 3.83. The molecule has 1 aromatic carbocycles. The topological polar surface area (TPSA) is 68.0 Å². The fourth-order valence-electron chi connectivity index (χ4n) is 6.30. The van der Waals surface area contributed by atoms with Crippen LogP contribution in [0.5, 0.6) is 0 Å². The van der Waals surface area contributed by atoms with E-state index in [1.807, 2.05) is 19.1 Å². The number of carbonyl (C=O) groups excluding carboxylic acids is 1. The average Bonchev–Trinajstić information content (AvgIpc) is 3.08. The van der Waals surface area contributed by atoms with E-state index in [2.05, 4.69) is 35.4 Å². The summed E-state index contributed by atoms with van der Waals surface area (Å²) in [5.74, 6) is 3.07. The Labute approximate surface area is 176 Å². The minimum atomic E-state index is -0.254. The molecule has 6 heteroatoms. The standard InChI is InChI=1S/C23H29N3O2S/c1-13-4-14(2)6-19(5-13)21-25-26-22(28-21)29-15(3)20(27)24-23-10-16-7-17(11-23)9-18(8-16)12-23/h4-6,15-18H,7-12H2,1-3H3,(H,24,27)/t15-,16?,17?,18?,23?/m1/s1. The van der Waals surface area contributed by atoms with Gasteiger partial charge in [0.1, 0.15) is 0 Å².